The molecule has 0 saturated heterocycles. The average molecular weight is 535 g/mol. The highest BCUT2D eigenvalue weighted by Gasteiger charge is 2.13. The van der Waals surface area contributed by atoms with E-state index in [4.69, 9.17) is 20.5 Å². The first-order chi connectivity index (χ1) is 20.7. The highest BCUT2D eigenvalue weighted by molar-refractivity contribution is 6.11. The van der Waals surface area contributed by atoms with E-state index in [-0.39, 0.29) is 0 Å². The molecule has 2 heterocycles. The fraction of sp³-hybridized carbons (Fsp3) is 0. The third-order valence-corrected chi connectivity index (χ3v) is 7.71. The molecule has 5 aromatic carbocycles. The number of aromatic nitrogens is 2. The molecule has 42 heavy (non-hydrogen) atoms. The lowest BCUT2D eigenvalue weighted by Crippen LogP contribution is -1.91. The maximum absolute atomic E-state index is 9.08. The third kappa shape index (κ3) is 4.44. The second kappa shape index (κ2) is 10.5. The van der Waals surface area contributed by atoms with Crippen LogP contribution >= 0.6 is 0 Å². The molecular formula is C38H22N4. The Morgan fingerprint density at radius 3 is 1.00 bits per heavy atom. The summed E-state index contributed by atoms with van der Waals surface area (Å²) in [5, 5.41) is 20.3. The molecule has 0 unspecified atom stereocenters. The third-order valence-electron chi connectivity index (χ3n) is 7.71. The number of nitrogens with zero attached hydrogens (tertiary/aromatic N) is 4. The number of hydrogen-bond donors (Lipinski definition) is 0. The van der Waals surface area contributed by atoms with Gasteiger partial charge in [0.05, 0.1) is 34.3 Å². The van der Waals surface area contributed by atoms with Gasteiger partial charge in [-0.25, -0.2) is 0 Å². The van der Waals surface area contributed by atoms with Crippen LogP contribution in [0.15, 0.2) is 134 Å². The average Bonchev–Trinajstić information content (AvgIpc) is 3.08. The fourth-order valence-corrected chi connectivity index (χ4v) is 5.49. The van der Waals surface area contributed by atoms with Gasteiger partial charge in [-0.15, -0.1) is 0 Å². The normalized spacial score (nSPS) is 10.8. The van der Waals surface area contributed by atoms with E-state index in [9.17, 15) is 0 Å². The van der Waals surface area contributed by atoms with Crippen LogP contribution in [0.2, 0.25) is 0 Å². The predicted molar refractivity (Wildman–Crippen MR) is 168 cm³/mol. The summed E-state index contributed by atoms with van der Waals surface area (Å²) in [6.45, 7) is 0. The van der Waals surface area contributed by atoms with Crippen molar-refractivity contribution in [1.82, 2.24) is 9.97 Å². The molecule has 0 fully saturated rings. The Hall–Kier alpha value is -6.10. The van der Waals surface area contributed by atoms with Gasteiger partial charge in [0.1, 0.15) is 0 Å². The largest absolute Gasteiger partial charge is 0.254 e. The smallest absolute Gasteiger partial charge is 0.0991 e. The standard InChI is InChI=1S/C38H22N4/c39-23-25-1-5-27(6-2-25)29-9-13-31(14-10-29)33-19-21-41-37-35(33)17-18-36-34(20-22-42-38(36)37)32-15-11-30(12-16-32)28-7-3-26(24-40)4-8-28/h1-22H. The van der Waals surface area contributed by atoms with E-state index in [1.807, 2.05) is 60.9 Å². The molecule has 4 nitrogen and oxygen atoms in total. The van der Waals surface area contributed by atoms with Gasteiger partial charge in [-0.05, 0) is 80.9 Å². The van der Waals surface area contributed by atoms with Gasteiger partial charge in [0.15, 0.2) is 0 Å². The minimum absolute atomic E-state index is 0.655. The van der Waals surface area contributed by atoms with Crippen LogP contribution in [0, 0.1) is 22.7 Å². The quantitative estimate of drug-likeness (QED) is 0.211. The van der Waals surface area contributed by atoms with Crippen LogP contribution in [0.1, 0.15) is 11.1 Å². The van der Waals surface area contributed by atoms with Crippen molar-refractivity contribution in [2.24, 2.45) is 0 Å². The van der Waals surface area contributed by atoms with Crippen LogP contribution in [0.3, 0.4) is 0 Å². The van der Waals surface area contributed by atoms with Gasteiger partial charge in [-0.2, -0.15) is 10.5 Å². The van der Waals surface area contributed by atoms with Crippen molar-refractivity contribution in [3.8, 4) is 56.6 Å². The molecule has 0 atom stereocenters. The molecule has 0 aliphatic heterocycles. The summed E-state index contributed by atoms with van der Waals surface area (Å²) in [6, 6.07) is 45.0. The summed E-state index contributed by atoms with van der Waals surface area (Å²) < 4.78 is 0. The van der Waals surface area contributed by atoms with E-state index in [0.29, 0.717) is 11.1 Å². The molecule has 7 aromatic rings. The summed E-state index contributed by atoms with van der Waals surface area (Å²) >= 11 is 0. The lowest BCUT2D eigenvalue weighted by Gasteiger charge is -2.12. The van der Waals surface area contributed by atoms with Crippen LogP contribution in [-0.2, 0) is 0 Å². The van der Waals surface area contributed by atoms with Crippen LogP contribution < -0.4 is 0 Å². The van der Waals surface area contributed by atoms with Crippen molar-refractivity contribution < 1.29 is 0 Å². The zero-order valence-corrected chi connectivity index (χ0v) is 22.5. The van der Waals surface area contributed by atoms with E-state index in [1.165, 1.54) is 0 Å². The summed E-state index contributed by atoms with van der Waals surface area (Å²) in [5.74, 6) is 0. The topological polar surface area (TPSA) is 73.4 Å². The molecule has 2 aromatic heterocycles. The number of nitriles is 2. The minimum atomic E-state index is 0.655. The second-order valence-corrected chi connectivity index (χ2v) is 10.1. The van der Waals surface area contributed by atoms with Gasteiger partial charge in [0.25, 0.3) is 0 Å². The molecule has 0 spiro atoms. The van der Waals surface area contributed by atoms with Crippen LogP contribution in [-0.4, -0.2) is 9.97 Å². The number of benzene rings is 5. The lowest BCUT2D eigenvalue weighted by molar-refractivity contribution is 1.37. The van der Waals surface area contributed by atoms with Crippen LogP contribution in [0.4, 0.5) is 0 Å². The Morgan fingerprint density at radius 1 is 0.357 bits per heavy atom. The van der Waals surface area contributed by atoms with Crippen LogP contribution in [0.5, 0.6) is 0 Å². The predicted octanol–water partition coefficient (Wildman–Crippen LogP) is 9.19. The van der Waals surface area contributed by atoms with Crippen molar-refractivity contribution in [3.05, 3.63) is 145 Å². The lowest BCUT2D eigenvalue weighted by atomic mass is 9.94. The van der Waals surface area contributed by atoms with E-state index < -0.39 is 0 Å². The number of rotatable bonds is 4. The molecule has 4 heteroatoms. The maximum Gasteiger partial charge on any atom is 0.0991 e. The molecule has 0 aliphatic carbocycles. The van der Waals surface area contributed by atoms with Crippen molar-refractivity contribution in [2.45, 2.75) is 0 Å². The zero-order valence-electron chi connectivity index (χ0n) is 22.5. The van der Waals surface area contributed by atoms with Gasteiger partial charge in [-0.1, -0.05) is 84.9 Å². The highest BCUT2D eigenvalue weighted by atomic mass is 14.7. The summed E-state index contributed by atoms with van der Waals surface area (Å²) in [6.07, 6.45) is 3.71. The molecule has 0 bridgehead atoms. The monoisotopic (exact) mass is 534 g/mol. The number of hydrogen-bond acceptors (Lipinski definition) is 4. The molecule has 0 saturated carbocycles. The first kappa shape index (κ1) is 24.9. The van der Waals surface area contributed by atoms with E-state index in [2.05, 4.69) is 84.9 Å². The van der Waals surface area contributed by atoms with Crippen LogP contribution in [0.25, 0.3) is 66.3 Å². The van der Waals surface area contributed by atoms with E-state index >= 15 is 0 Å². The van der Waals surface area contributed by atoms with Crippen molar-refractivity contribution >= 4 is 21.8 Å². The van der Waals surface area contributed by atoms with Gasteiger partial charge >= 0.3 is 0 Å². The Bertz CT molecular complexity index is 2010. The molecule has 7 rings (SSSR count). The van der Waals surface area contributed by atoms with E-state index in [1.54, 1.807) is 0 Å². The highest BCUT2D eigenvalue weighted by Crippen LogP contribution is 2.36. The number of fused-ring (bicyclic) bond motifs is 3. The number of pyridine rings is 2. The Kier molecular flexibility index (Phi) is 6.21. The van der Waals surface area contributed by atoms with Gasteiger partial charge < -0.3 is 0 Å². The summed E-state index contributed by atoms with van der Waals surface area (Å²) in [7, 11) is 0. The fourth-order valence-electron chi connectivity index (χ4n) is 5.49. The van der Waals surface area contributed by atoms with Gasteiger partial charge in [-0.3, -0.25) is 9.97 Å². The zero-order chi connectivity index (χ0) is 28.5. The summed E-state index contributed by atoms with van der Waals surface area (Å²) in [4.78, 5) is 9.54. The molecule has 194 valence electrons. The first-order valence-corrected chi connectivity index (χ1v) is 13.6. The Balaban J connectivity index is 1.25. The SMILES string of the molecule is N#Cc1ccc(-c2ccc(-c3ccnc4c3ccc3c(-c5ccc(-c6ccc(C#N)cc6)cc5)ccnc34)cc2)cc1. The Morgan fingerprint density at radius 2 is 0.667 bits per heavy atom. The summed E-state index contributed by atoms with van der Waals surface area (Å²) in [5.41, 5.74) is 11.8. The van der Waals surface area contributed by atoms with Gasteiger partial charge in [0.2, 0.25) is 0 Å². The molecule has 0 radical (unpaired) electrons. The molecule has 0 aliphatic rings. The second-order valence-electron chi connectivity index (χ2n) is 10.1. The van der Waals surface area contributed by atoms with Crippen molar-refractivity contribution in [2.75, 3.05) is 0 Å². The maximum atomic E-state index is 9.08. The van der Waals surface area contributed by atoms with Gasteiger partial charge in [0, 0.05) is 23.2 Å². The Labute approximate surface area is 243 Å². The molecular weight excluding hydrogens is 512 g/mol. The minimum Gasteiger partial charge on any atom is -0.254 e. The molecule has 0 amide bonds. The van der Waals surface area contributed by atoms with Crippen molar-refractivity contribution in [1.29, 1.82) is 10.5 Å². The molecule has 0 N–H and O–H groups in total. The van der Waals surface area contributed by atoms with Crippen molar-refractivity contribution in [3.63, 3.8) is 0 Å². The van der Waals surface area contributed by atoms with E-state index in [0.717, 1.165) is 66.3 Å². The first-order valence-electron chi connectivity index (χ1n) is 13.6.